The first kappa shape index (κ1) is 15.1. The van der Waals surface area contributed by atoms with Crippen molar-refractivity contribution < 1.29 is 4.79 Å². The van der Waals surface area contributed by atoms with Crippen LogP contribution in [0.4, 0.5) is 16.3 Å². The molecule has 1 atom stereocenters. The highest BCUT2D eigenvalue weighted by Gasteiger charge is 2.34. The molecule has 1 aromatic heterocycles. The summed E-state index contributed by atoms with van der Waals surface area (Å²) in [6, 6.07) is 8.20. The molecular weight excluding hydrogens is 302 g/mol. The Morgan fingerprint density at radius 1 is 1.33 bits per heavy atom. The zero-order chi connectivity index (χ0) is 16.7. The molecule has 0 saturated carbocycles. The van der Waals surface area contributed by atoms with Crippen LogP contribution >= 0.6 is 0 Å². The second-order valence-corrected chi connectivity index (χ2v) is 7.34. The number of carbonyl (C=O) groups is 1. The Morgan fingerprint density at radius 2 is 2.04 bits per heavy atom. The van der Waals surface area contributed by atoms with Gasteiger partial charge in [0.2, 0.25) is 0 Å². The summed E-state index contributed by atoms with van der Waals surface area (Å²) in [4.78, 5) is 12.5. The van der Waals surface area contributed by atoms with E-state index < -0.39 is 0 Å². The first-order chi connectivity index (χ1) is 11.5. The van der Waals surface area contributed by atoms with Crippen LogP contribution in [0, 0.1) is 5.92 Å². The van der Waals surface area contributed by atoms with Crippen molar-refractivity contribution in [2.75, 3.05) is 17.2 Å². The Balaban J connectivity index is 1.43. The zero-order valence-corrected chi connectivity index (χ0v) is 14.1. The van der Waals surface area contributed by atoms with E-state index in [1.165, 1.54) is 11.1 Å². The average molecular weight is 325 g/mol. The molecule has 0 spiro atoms. The van der Waals surface area contributed by atoms with Crippen LogP contribution in [-0.2, 0) is 19.4 Å². The van der Waals surface area contributed by atoms with Gasteiger partial charge in [0.25, 0.3) is 0 Å². The average Bonchev–Trinajstić information content (AvgIpc) is 3.06. The molecule has 2 heterocycles. The summed E-state index contributed by atoms with van der Waals surface area (Å²) in [6.45, 7) is 6.05. The number of anilines is 2. The molecule has 2 aromatic rings. The number of fused-ring (bicyclic) bond motifs is 2. The van der Waals surface area contributed by atoms with Crippen molar-refractivity contribution in [2.45, 2.75) is 38.8 Å². The molecule has 0 fully saturated rings. The second kappa shape index (κ2) is 5.54. The molecule has 1 aromatic carbocycles. The number of carbonyl (C=O) groups excluding carboxylic acids is 1. The molecule has 1 aliphatic carbocycles. The predicted molar refractivity (Wildman–Crippen MR) is 94.3 cm³/mol. The summed E-state index contributed by atoms with van der Waals surface area (Å²) in [5.41, 5.74) is 3.12. The number of amides is 2. The SMILES string of the molecule is CC1CNc2c(NC(=O)NC3(C)Cc4ccccc4C3)cnn2C1. The normalized spacial score (nSPS) is 20.7. The molecule has 6 nitrogen and oxygen atoms in total. The van der Waals surface area contributed by atoms with Crippen LogP contribution in [0.3, 0.4) is 0 Å². The van der Waals surface area contributed by atoms with E-state index in [1.807, 2.05) is 4.68 Å². The van der Waals surface area contributed by atoms with Gasteiger partial charge in [-0.2, -0.15) is 5.10 Å². The highest BCUT2D eigenvalue weighted by molar-refractivity contribution is 5.92. The van der Waals surface area contributed by atoms with Crippen molar-refractivity contribution in [2.24, 2.45) is 5.92 Å². The van der Waals surface area contributed by atoms with Gasteiger partial charge in [-0.1, -0.05) is 31.2 Å². The van der Waals surface area contributed by atoms with Crippen molar-refractivity contribution in [3.63, 3.8) is 0 Å². The number of hydrogen-bond donors (Lipinski definition) is 3. The van der Waals surface area contributed by atoms with Gasteiger partial charge in [0.15, 0.2) is 0 Å². The molecule has 3 N–H and O–H groups in total. The fraction of sp³-hybridized carbons (Fsp3) is 0.444. The minimum atomic E-state index is -0.247. The zero-order valence-electron chi connectivity index (χ0n) is 14.1. The number of aromatic nitrogens is 2. The maximum Gasteiger partial charge on any atom is 0.319 e. The Hall–Kier alpha value is -2.50. The van der Waals surface area contributed by atoms with Crippen molar-refractivity contribution in [3.8, 4) is 0 Å². The van der Waals surface area contributed by atoms with Gasteiger partial charge in [-0.3, -0.25) is 0 Å². The van der Waals surface area contributed by atoms with E-state index in [-0.39, 0.29) is 11.6 Å². The van der Waals surface area contributed by atoms with Crippen LogP contribution in [-0.4, -0.2) is 27.9 Å². The largest absolute Gasteiger partial charge is 0.368 e. The van der Waals surface area contributed by atoms with Crippen LogP contribution in [0.5, 0.6) is 0 Å². The molecular formula is C18H23N5O. The number of nitrogens with one attached hydrogen (secondary N) is 3. The highest BCUT2D eigenvalue weighted by Crippen LogP contribution is 2.30. The van der Waals surface area contributed by atoms with Crippen LogP contribution < -0.4 is 16.0 Å². The third-order valence-corrected chi connectivity index (χ3v) is 4.89. The van der Waals surface area contributed by atoms with Gasteiger partial charge in [-0.25, -0.2) is 9.48 Å². The fourth-order valence-electron chi connectivity index (χ4n) is 3.75. The first-order valence-electron chi connectivity index (χ1n) is 8.48. The minimum Gasteiger partial charge on any atom is -0.368 e. The molecule has 126 valence electrons. The smallest absolute Gasteiger partial charge is 0.319 e. The van der Waals surface area contributed by atoms with Crippen molar-refractivity contribution in [1.29, 1.82) is 0 Å². The number of urea groups is 1. The van der Waals surface area contributed by atoms with Crippen molar-refractivity contribution >= 4 is 17.5 Å². The van der Waals surface area contributed by atoms with E-state index in [9.17, 15) is 4.79 Å². The summed E-state index contributed by atoms with van der Waals surface area (Å²) in [5.74, 6) is 1.43. The van der Waals surface area contributed by atoms with Crippen LogP contribution in [0.15, 0.2) is 30.5 Å². The van der Waals surface area contributed by atoms with Crippen molar-refractivity contribution in [3.05, 3.63) is 41.6 Å². The topological polar surface area (TPSA) is 71.0 Å². The fourth-order valence-corrected chi connectivity index (χ4v) is 3.75. The standard InChI is InChI=1S/C18H23N5O/c1-12-9-19-16-15(10-20-23(16)11-12)21-17(24)22-18(2)7-13-5-3-4-6-14(13)8-18/h3-6,10,12,19H,7-9,11H2,1-2H3,(H2,21,22,24). The minimum absolute atomic E-state index is 0.179. The molecule has 4 rings (SSSR count). The third-order valence-electron chi connectivity index (χ3n) is 4.89. The Morgan fingerprint density at radius 3 is 2.75 bits per heavy atom. The summed E-state index contributed by atoms with van der Waals surface area (Å²) < 4.78 is 1.91. The molecule has 0 bridgehead atoms. The van der Waals surface area contributed by atoms with Gasteiger partial charge in [-0.15, -0.1) is 0 Å². The summed E-state index contributed by atoms with van der Waals surface area (Å²) in [6.07, 6.45) is 3.43. The lowest BCUT2D eigenvalue weighted by molar-refractivity contribution is 0.240. The number of benzene rings is 1. The quantitative estimate of drug-likeness (QED) is 0.795. The summed E-state index contributed by atoms with van der Waals surface area (Å²) >= 11 is 0. The number of nitrogens with zero attached hydrogens (tertiary/aromatic N) is 2. The lowest BCUT2D eigenvalue weighted by Gasteiger charge is -2.26. The van der Waals surface area contributed by atoms with E-state index in [0.717, 1.165) is 37.4 Å². The predicted octanol–water partition coefficient (Wildman–Crippen LogP) is 2.62. The number of hydrogen-bond acceptors (Lipinski definition) is 3. The molecule has 0 saturated heterocycles. The lowest BCUT2D eigenvalue weighted by Crippen LogP contribution is -2.48. The molecule has 6 heteroatoms. The Bertz CT molecular complexity index is 756. The summed E-state index contributed by atoms with van der Waals surface area (Å²) in [7, 11) is 0. The Labute approximate surface area is 141 Å². The molecule has 1 aliphatic heterocycles. The monoisotopic (exact) mass is 325 g/mol. The van der Waals surface area contributed by atoms with E-state index in [2.05, 4.69) is 59.2 Å². The number of rotatable bonds is 2. The maximum absolute atomic E-state index is 12.5. The van der Waals surface area contributed by atoms with Crippen LogP contribution in [0.1, 0.15) is 25.0 Å². The first-order valence-corrected chi connectivity index (χ1v) is 8.48. The highest BCUT2D eigenvalue weighted by atomic mass is 16.2. The maximum atomic E-state index is 12.5. The van der Waals surface area contributed by atoms with Gasteiger partial charge in [0.1, 0.15) is 11.5 Å². The molecule has 1 unspecified atom stereocenters. The van der Waals surface area contributed by atoms with Crippen LogP contribution in [0.25, 0.3) is 0 Å². The molecule has 2 aliphatic rings. The van der Waals surface area contributed by atoms with Gasteiger partial charge in [0.05, 0.1) is 6.20 Å². The van der Waals surface area contributed by atoms with E-state index in [1.54, 1.807) is 6.20 Å². The van der Waals surface area contributed by atoms with Crippen LogP contribution in [0.2, 0.25) is 0 Å². The third kappa shape index (κ3) is 2.72. The van der Waals surface area contributed by atoms with E-state index in [4.69, 9.17) is 0 Å². The summed E-state index contributed by atoms with van der Waals surface area (Å²) in [5, 5.41) is 13.8. The molecule has 2 amide bonds. The van der Waals surface area contributed by atoms with Gasteiger partial charge in [-0.05, 0) is 36.8 Å². The lowest BCUT2D eigenvalue weighted by atomic mass is 9.99. The van der Waals surface area contributed by atoms with E-state index >= 15 is 0 Å². The van der Waals surface area contributed by atoms with E-state index in [0.29, 0.717) is 5.92 Å². The van der Waals surface area contributed by atoms with Gasteiger partial charge < -0.3 is 16.0 Å². The molecule has 0 radical (unpaired) electrons. The van der Waals surface area contributed by atoms with Crippen molar-refractivity contribution in [1.82, 2.24) is 15.1 Å². The molecule has 24 heavy (non-hydrogen) atoms. The van der Waals surface area contributed by atoms with Gasteiger partial charge in [0, 0.05) is 18.6 Å². The Kier molecular flexibility index (Phi) is 3.48. The second-order valence-electron chi connectivity index (χ2n) is 7.34. The van der Waals surface area contributed by atoms with Gasteiger partial charge >= 0.3 is 6.03 Å².